The van der Waals surface area contributed by atoms with Crippen LogP contribution in [0.5, 0.6) is 0 Å². The molecule has 0 fully saturated rings. The van der Waals surface area contributed by atoms with Crippen LogP contribution in [0.1, 0.15) is 41.0 Å². The van der Waals surface area contributed by atoms with E-state index in [2.05, 4.69) is 44.4 Å². The molecule has 5 heteroatoms. The molecule has 1 N–H and O–H groups in total. The summed E-state index contributed by atoms with van der Waals surface area (Å²) in [6.45, 7) is 10.3. The van der Waals surface area contributed by atoms with Crippen LogP contribution in [0.15, 0.2) is 4.99 Å². The van der Waals surface area contributed by atoms with Crippen molar-refractivity contribution in [1.29, 1.82) is 0 Å². The molecule has 0 saturated heterocycles. The number of alkyl carbamates (subject to hydrolysis) is 1. The zero-order valence-electron chi connectivity index (χ0n) is 11.2. The van der Waals surface area contributed by atoms with Crippen molar-refractivity contribution in [3.63, 3.8) is 0 Å². The SMILES string of the molecule is CC(C)CC(CN=C=[Se])NC(=O)OC(C)(C)C. The number of aliphatic imine (C=N–C) groups is 1. The molecule has 0 aromatic carbocycles. The number of nitrogens with one attached hydrogen (secondary N) is 1. The third kappa shape index (κ3) is 10.3. The first-order chi connectivity index (χ1) is 7.74. The summed E-state index contributed by atoms with van der Waals surface area (Å²) in [4.78, 5) is 15.6. The van der Waals surface area contributed by atoms with Gasteiger partial charge >= 0.3 is 111 Å². The molecule has 0 rings (SSSR count). The summed E-state index contributed by atoms with van der Waals surface area (Å²) in [5.41, 5.74) is -0.472. The molecular formula is C12H22N2O2Se. The van der Waals surface area contributed by atoms with Crippen LogP contribution in [0.3, 0.4) is 0 Å². The molecule has 0 aliphatic heterocycles. The van der Waals surface area contributed by atoms with Crippen molar-refractivity contribution in [3.8, 4) is 0 Å². The second-order valence-electron chi connectivity index (χ2n) is 5.40. The first-order valence-electron chi connectivity index (χ1n) is 5.77. The van der Waals surface area contributed by atoms with E-state index in [4.69, 9.17) is 4.74 Å². The summed E-state index contributed by atoms with van der Waals surface area (Å²) in [5.74, 6) is 0.492. The number of nitrogens with zero attached hydrogens (tertiary/aromatic N) is 1. The van der Waals surface area contributed by atoms with Gasteiger partial charge in [0.2, 0.25) is 0 Å². The average molecular weight is 305 g/mol. The van der Waals surface area contributed by atoms with Crippen LogP contribution in [0.2, 0.25) is 0 Å². The summed E-state index contributed by atoms with van der Waals surface area (Å²) in [5, 5.41) is 2.83. The molecule has 0 aliphatic rings. The fraction of sp³-hybridized carbons (Fsp3) is 0.833. The maximum atomic E-state index is 11.6. The molecule has 1 unspecified atom stereocenters. The third-order valence-corrected chi connectivity index (χ3v) is 2.12. The van der Waals surface area contributed by atoms with E-state index in [1.54, 1.807) is 0 Å². The van der Waals surface area contributed by atoms with Gasteiger partial charge in [0.15, 0.2) is 0 Å². The van der Waals surface area contributed by atoms with Crippen molar-refractivity contribution < 1.29 is 9.53 Å². The predicted molar refractivity (Wildman–Crippen MR) is 70.7 cm³/mol. The molecule has 0 aromatic rings. The number of hydrogen-bond acceptors (Lipinski definition) is 3. The molecule has 98 valence electrons. The summed E-state index contributed by atoms with van der Waals surface area (Å²) in [7, 11) is 0. The van der Waals surface area contributed by atoms with E-state index in [0.29, 0.717) is 12.5 Å². The van der Waals surface area contributed by atoms with Gasteiger partial charge in [-0.1, -0.05) is 0 Å². The Labute approximate surface area is 112 Å². The summed E-state index contributed by atoms with van der Waals surface area (Å²) < 4.78 is 7.81. The zero-order valence-corrected chi connectivity index (χ0v) is 13.0. The Balaban J connectivity index is 4.31. The van der Waals surface area contributed by atoms with E-state index in [1.165, 1.54) is 0 Å². The van der Waals surface area contributed by atoms with Crippen LogP contribution in [0.25, 0.3) is 0 Å². The molecule has 17 heavy (non-hydrogen) atoms. The monoisotopic (exact) mass is 306 g/mol. The first-order valence-corrected chi connectivity index (χ1v) is 6.63. The number of carbonyl (C=O) groups excluding carboxylic acids is 1. The van der Waals surface area contributed by atoms with Crippen LogP contribution in [0, 0.1) is 5.92 Å². The summed E-state index contributed by atoms with van der Waals surface area (Å²) in [6.07, 6.45) is 0.475. The fourth-order valence-corrected chi connectivity index (χ4v) is 1.53. The fourth-order valence-electron chi connectivity index (χ4n) is 1.37. The number of rotatable bonds is 5. The van der Waals surface area contributed by atoms with Gasteiger partial charge < -0.3 is 0 Å². The Hall–Kier alpha value is -0.631. The van der Waals surface area contributed by atoms with Gasteiger partial charge in [0.05, 0.1) is 0 Å². The Morgan fingerprint density at radius 1 is 1.47 bits per heavy atom. The van der Waals surface area contributed by atoms with Crippen molar-refractivity contribution in [2.45, 2.75) is 52.7 Å². The molecule has 1 amide bonds. The van der Waals surface area contributed by atoms with E-state index >= 15 is 0 Å². The second-order valence-corrected chi connectivity index (χ2v) is 5.79. The van der Waals surface area contributed by atoms with E-state index in [-0.39, 0.29) is 6.04 Å². The minimum absolute atomic E-state index is 0.00861. The van der Waals surface area contributed by atoms with E-state index < -0.39 is 11.7 Å². The summed E-state index contributed by atoms with van der Waals surface area (Å²) in [6, 6.07) is -0.00861. The quantitative estimate of drug-likeness (QED) is 0.624. The van der Waals surface area contributed by atoms with Gasteiger partial charge in [0, 0.05) is 0 Å². The van der Waals surface area contributed by atoms with Crippen LogP contribution in [0.4, 0.5) is 4.79 Å². The van der Waals surface area contributed by atoms with E-state index in [1.807, 2.05) is 20.8 Å². The zero-order chi connectivity index (χ0) is 13.5. The molecular weight excluding hydrogens is 283 g/mol. The van der Waals surface area contributed by atoms with Crippen molar-refractivity contribution in [2.24, 2.45) is 10.9 Å². The van der Waals surface area contributed by atoms with Crippen LogP contribution in [-0.2, 0) is 4.74 Å². The molecule has 0 radical (unpaired) electrons. The molecule has 0 saturated carbocycles. The Bertz CT molecular complexity index is 291. The maximum absolute atomic E-state index is 11.6. The Morgan fingerprint density at radius 2 is 2.06 bits per heavy atom. The van der Waals surface area contributed by atoms with Gasteiger partial charge in [-0.2, -0.15) is 0 Å². The van der Waals surface area contributed by atoms with E-state index in [0.717, 1.165) is 6.42 Å². The Morgan fingerprint density at radius 3 is 2.47 bits per heavy atom. The molecule has 4 nitrogen and oxygen atoms in total. The normalized spacial score (nSPS) is 12.8. The first kappa shape index (κ1) is 16.4. The number of ether oxygens (including phenoxy) is 1. The predicted octanol–water partition coefficient (Wildman–Crippen LogP) is 2.00. The molecule has 0 heterocycles. The topological polar surface area (TPSA) is 50.7 Å². The van der Waals surface area contributed by atoms with Crippen molar-refractivity contribution >= 4 is 26.4 Å². The number of hydrogen-bond donors (Lipinski definition) is 1. The van der Waals surface area contributed by atoms with Crippen LogP contribution in [-0.4, -0.2) is 44.6 Å². The van der Waals surface area contributed by atoms with Gasteiger partial charge in [0.1, 0.15) is 0 Å². The molecule has 0 spiro atoms. The molecule has 0 aromatic heterocycles. The number of carbonyl (C=O) groups is 1. The Kier molecular flexibility index (Phi) is 7.36. The molecule has 0 aliphatic carbocycles. The van der Waals surface area contributed by atoms with Gasteiger partial charge in [-0.05, 0) is 0 Å². The summed E-state index contributed by atoms with van der Waals surface area (Å²) >= 11 is 2.58. The molecule has 1 atom stereocenters. The van der Waals surface area contributed by atoms with Gasteiger partial charge in [-0.15, -0.1) is 0 Å². The van der Waals surface area contributed by atoms with Gasteiger partial charge in [0.25, 0.3) is 0 Å². The van der Waals surface area contributed by atoms with E-state index in [9.17, 15) is 4.79 Å². The van der Waals surface area contributed by atoms with Crippen molar-refractivity contribution in [3.05, 3.63) is 0 Å². The van der Waals surface area contributed by atoms with Gasteiger partial charge in [-0.3, -0.25) is 0 Å². The second kappa shape index (κ2) is 7.65. The van der Waals surface area contributed by atoms with Crippen molar-refractivity contribution in [2.75, 3.05) is 6.54 Å². The average Bonchev–Trinajstić information content (AvgIpc) is 2.09. The number of amides is 1. The standard InChI is InChI=1S/C12H22N2O2Se/c1-9(2)6-10(7-13-8-17)14-11(15)16-12(3,4)5/h9-10H,6-7H2,1-5H3,(H,14,15). The molecule has 0 bridgehead atoms. The van der Waals surface area contributed by atoms with Crippen LogP contribution < -0.4 is 5.32 Å². The van der Waals surface area contributed by atoms with Crippen LogP contribution >= 0.6 is 0 Å². The third-order valence-electron chi connectivity index (χ3n) is 1.85. The van der Waals surface area contributed by atoms with Crippen molar-refractivity contribution in [1.82, 2.24) is 5.32 Å². The minimum atomic E-state index is -0.472. The van der Waals surface area contributed by atoms with Gasteiger partial charge in [-0.25, -0.2) is 0 Å².